The average molecular weight is 444 g/mol. The number of hydrogen-bond donors (Lipinski definition) is 2. The molecule has 1 atom stereocenters. The largest absolute Gasteiger partial charge is 0.378 e. The predicted octanol–water partition coefficient (Wildman–Crippen LogP) is 3.25. The van der Waals surface area contributed by atoms with E-state index >= 15 is 0 Å². The van der Waals surface area contributed by atoms with Gasteiger partial charge in [-0.05, 0) is 54.9 Å². The van der Waals surface area contributed by atoms with Gasteiger partial charge >= 0.3 is 6.03 Å². The zero-order valence-corrected chi connectivity index (χ0v) is 19.1. The van der Waals surface area contributed by atoms with Crippen LogP contribution >= 0.6 is 11.3 Å². The summed E-state index contributed by atoms with van der Waals surface area (Å²) in [5.41, 5.74) is 0.993. The number of anilines is 1. The number of ether oxygens (including phenoxy) is 1. The smallest absolute Gasteiger partial charge is 0.315 e. The van der Waals surface area contributed by atoms with E-state index in [-0.39, 0.29) is 12.1 Å². The molecule has 8 heteroatoms. The quantitative estimate of drug-likeness (QED) is 0.688. The number of nitrogens with zero attached hydrogens (tertiary/aromatic N) is 3. The van der Waals surface area contributed by atoms with Crippen molar-refractivity contribution in [3.05, 3.63) is 46.3 Å². The summed E-state index contributed by atoms with van der Waals surface area (Å²) in [5, 5.41) is 8.17. The number of aromatic nitrogens is 1. The summed E-state index contributed by atoms with van der Waals surface area (Å²) in [6, 6.07) is 8.42. The number of pyridine rings is 1. The topological polar surface area (TPSA) is 69.7 Å². The molecule has 2 N–H and O–H groups in total. The van der Waals surface area contributed by atoms with Crippen LogP contribution in [0.3, 0.4) is 0 Å². The van der Waals surface area contributed by atoms with Gasteiger partial charge in [0.1, 0.15) is 5.82 Å². The molecule has 2 aromatic heterocycles. The number of piperidine rings is 1. The minimum Gasteiger partial charge on any atom is -0.378 e. The molecule has 0 aliphatic carbocycles. The van der Waals surface area contributed by atoms with E-state index in [4.69, 9.17) is 4.74 Å². The second-order valence-corrected chi connectivity index (χ2v) is 9.42. The zero-order valence-electron chi connectivity index (χ0n) is 18.3. The Morgan fingerprint density at radius 2 is 2.00 bits per heavy atom. The van der Waals surface area contributed by atoms with Crippen molar-refractivity contribution in [2.75, 3.05) is 50.8 Å². The van der Waals surface area contributed by atoms with Gasteiger partial charge in [-0.2, -0.15) is 0 Å². The molecule has 0 spiro atoms. The number of hydrogen-bond acceptors (Lipinski definition) is 6. The third-order valence-electron chi connectivity index (χ3n) is 6.18. The van der Waals surface area contributed by atoms with Crippen molar-refractivity contribution in [1.29, 1.82) is 0 Å². The molecule has 0 unspecified atom stereocenters. The lowest BCUT2D eigenvalue weighted by atomic mass is 9.97. The van der Waals surface area contributed by atoms with Crippen molar-refractivity contribution < 1.29 is 9.53 Å². The third-order valence-corrected chi connectivity index (χ3v) is 7.16. The van der Waals surface area contributed by atoms with Crippen LogP contribution in [0.25, 0.3) is 0 Å². The second-order valence-electron chi connectivity index (χ2n) is 8.44. The van der Waals surface area contributed by atoms with E-state index < -0.39 is 0 Å². The summed E-state index contributed by atoms with van der Waals surface area (Å²) < 4.78 is 5.39. The Hall–Kier alpha value is -2.16. The van der Waals surface area contributed by atoms with Gasteiger partial charge < -0.3 is 20.3 Å². The molecule has 0 bridgehead atoms. The van der Waals surface area contributed by atoms with Crippen LogP contribution in [0.2, 0.25) is 0 Å². The second kappa shape index (κ2) is 10.9. The van der Waals surface area contributed by atoms with Crippen molar-refractivity contribution in [3.8, 4) is 0 Å². The van der Waals surface area contributed by atoms with Crippen LogP contribution in [0, 0.1) is 5.92 Å². The van der Waals surface area contributed by atoms with E-state index in [0.29, 0.717) is 13.1 Å². The third kappa shape index (κ3) is 6.18. The zero-order chi connectivity index (χ0) is 21.5. The molecule has 4 rings (SSSR count). The fourth-order valence-electron chi connectivity index (χ4n) is 4.17. The molecule has 0 saturated carbocycles. The van der Waals surface area contributed by atoms with Gasteiger partial charge in [0.2, 0.25) is 0 Å². The number of thiophene rings is 1. The molecule has 4 heterocycles. The van der Waals surface area contributed by atoms with Crippen molar-refractivity contribution in [2.24, 2.45) is 5.92 Å². The number of rotatable bonds is 7. The molecule has 2 fully saturated rings. The van der Waals surface area contributed by atoms with Crippen molar-refractivity contribution in [1.82, 2.24) is 20.5 Å². The van der Waals surface area contributed by atoms with Gasteiger partial charge in [-0.25, -0.2) is 9.78 Å². The molecule has 2 amide bonds. The van der Waals surface area contributed by atoms with E-state index in [9.17, 15) is 4.79 Å². The fraction of sp³-hybridized carbons (Fsp3) is 0.565. The molecule has 168 valence electrons. The molecular formula is C23H33N5O2S. The molecule has 31 heavy (non-hydrogen) atoms. The molecule has 2 aliphatic heterocycles. The van der Waals surface area contributed by atoms with Gasteiger partial charge in [0.15, 0.2) is 0 Å². The SMILES string of the molecule is CC1CCN([C@H](CNC(=O)NCc2ccc(N3CCOCC3)nc2)c2cccs2)CC1. The van der Waals surface area contributed by atoms with Gasteiger partial charge in [0, 0.05) is 37.3 Å². The predicted molar refractivity (Wildman–Crippen MR) is 125 cm³/mol. The number of amides is 2. The number of morpholine rings is 1. The number of carbonyl (C=O) groups is 1. The highest BCUT2D eigenvalue weighted by Crippen LogP contribution is 2.29. The van der Waals surface area contributed by atoms with Gasteiger partial charge in [-0.15, -0.1) is 11.3 Å². The number of carbonyl (C=O) groups excluding carboxylic acids is 1. The number of likely N-dealkylation sites (tertiary alicyclic amines) is 1. The highest BCUT2D eigenvalue weighted by atomic mass is 32.1. The first-order valence-electron chi connectivity index (χ1n) is 11.3. The van der Waals surface area contributed by atoms with E-state index in [1.54, 1.807) is 11.3 Å². The lowest BCUT2D eigenvalue weighted by Crippen LogP contribution is -2.44. The highest BCUT2D eigenvalue weighted by Gasteiger charge is 2.25. The Labute approximate surface area is 188 Å². The Morgan fingerprint density at radius 1 is 1.19 bits per heavy atom. The Kier molecular flexibility index (Phi) is 7.77. The molecule has 7 nitrogen and oxygen atoms in total. The summed E-state index contributed by atoms with van der Waals surface area (Å²) in [6.45, 7) is 8.82. The minimum atomic E-state index is -0.135. The highest BCUT2D eigenvalue weighted by molar-refractivity contribution is 7.10. The van der Waals surface area contributed by atoms with Gasteiger partial charge in [-0.3, -0.25) is 4.90 Å². The normalized spacial score (nSPS) is 19.2. The maximum atomic E-state index is 12.5. The first kappa shape index (κ1) is 22.0. The van der Waals surface area contributed by atoms with E-state index in [1.807, 2.05) is 18.3 Å². The van der Waals surface area contributed by atoms with Crippen LogP contribution in [-0.2, 0) is 11.3 Å². The van der Waals surface area contributed by atoms with Crippen LogP contribution in [0.15, 0.2) is 35.8 Å². The average Bonchev–Trinajstić information content (AvgIpc) is 3.34. The monoisotopic (exact) mass is 443 g/mol. The molecule has 0 aromatic carbocycles. The Bertz CT molecular complexity index is 800. The fourth-order valence-corrected chi connectivity index (χ4v) is 5.03. The summed E-state index contributed by atoms with van der Waals surface area (Å²) >= 11 is 1.77. The van der Waals surface area contributed by atoms with Gasteiger partial charge in [0.05, 0.1) is 19.3 Å². The Morgan fingerprint density at radius 3 is 2.68 bits per heavy atom. The van der Waals surface area contributed by atoms with Crippen LogP contribution in [0.5, 0.6) is 0 Å². The van der Waals surface area contributed by atoms with E-state index in [0.717, 1.165) is 56.7 Å². The molecule has 2 aliphatic rings. The van der Waals surface area contributed by atoms with E-state index in [1.165, 1.54) is 17.7 Å². The van der Waals surface area contributed by atoms with Crippen LogP contribution < -0.4 is 15.5 Å². The maximum absolute atomic E-state index is 12.5. The van der Waals surface area contributed by atoms with Crippen molar-refractivity contribution >= 4 is 23.2 Å². The lowest BCUT2D eigenvalue weighted by Gasteiger charge is -2.36. The minimum absolute atomic E-state index is 0.135. The molecule has 2 aromatic rings. The van der Waals surface area contributed by atoms with Gasteiger partial charge in [-0.1, -0.05) is 19.1 Å². The number of nitrogens with one attached hydrogen (secondary N) is 2. The summed E-state index contributed by atoms with van der Waals surface area (Å²) in [4.78, 5) is 23.1. The number of urea groups is 1. The maximum Gasteiger partial charge on any atom is 0.315 e. The summed E-state index contributed by atoms with van der Waals surface area (Å²) in [7, 11) is 0. The summed E-state index contributed by atoms with van der Waals surface area (Å²) in [5.74, 6) is 1.76. The summed E-state index contributed by atoms with van der Waals surface area (Å²) in [6.07, 6.45) is 4.29. The van der Waals surface area contributed by atoms with Crippen LogP contribution in [-0.4, -0.2) is 61.9 Å². The van der Waals surface area contributed by atoms with Crippen molar-refractivity contribution in [3.63, 3.8) is 0 Å². The Balaban J connectivity index is 1.25. The first-order valence-corrected chi connectivity index (χ1v) is 12.1. The molecule has 2 saturated heterocycles. The lowest BCUT2D eigenvalue weighted by molar-refractivity contribution is 0.122. The molecule has 0 radical (unpaired) electrons. The first-order chi connectivity index (χ1) is 15.2. The van der Waals surface area contributed by atoms with Crippen LogP contribution in [0.4, 0.5) is 10.6 Å². The van der Waals surface area contributed by atoms with Gasteiger partial charge in [0.25, 0.3) is 0 Å². The van der Waals surface area contributed by atoms with E-state index in [2.05, 4.69) is 49.9 Å². The standard InChI is InChI=1S/C23H33N5O2S/c1-18-6-8-27(9-7-18)20(21-3-2-14-31-21)17-26-23(29)25-16-19-4-5-22(24-15-19)28-10-12-30-13-11-28/h2-5,14-15,18,20H,6-13,16-17H2,1H3,(H2,25,26,29)/t20-/m1/s1. The molecular weight excluding hydrogens is 410 g/mol. The van der Waals surface area contributed by atoms with Crippen molar-refractivity contribution in [2.45, 2.75) is 32.4 Å². The van der Waals surface area contributed by atoms with Crippen LogP contribution in [0.1, 0.15) is 36.2 Å².